The second-order valence-corrected chi connectivity index (χ2v) is 9.32. The second-order valence-electron chi connectivity index (χ2n) is 7.74. The monoisotopic (exact) mass is 448 g/mol. The molecule has 1 unspecified atom stereocenters. The molecule has 0 saturated carbocycles. The minimum absolute atomic E-state index is 0.164. The van der Waals surface area contributed by atoms with Crippen LogP contribution in [0.15, 0.2) is 6.33 Å². The predicted molar refractivity (Wildman–Crippen MR) is 98.9 cm³/mol. The van der Waals surface area contributed by atoms with E-state index in [2.05, 4.69) is 15.0 Å². The van der Waals surface area contributed by atoms with Crippen LogP contribution < -0.4 is 0 Å². The number of imidazole rings is 1. The molecule has 13 heteroatoms. The predicted octanol–water partition coefficient (Wildman–Crippen LogP) is 3.15. The summed E-state index contributed by atoms with van der Waals surface area (Å²) in [5, 5.41) is 0. The number of nitrogens with zero attached hydrogens (tertiary/aromatic N) is 4. The Kier molecular flexibility index (Phi) is 5.23. The number of phosphoric acid groups is 1. The molecule has 0 spiro atoms. The summed E-state index contributed by atoms with van der Waals surface area (Å²) in [7, 11) is -2.66. The molecule has 2 saturated heterocycles. The largest absolute Gasteiger partial charge is 0.475 e. The number of aromatic nitrogens is 4. The lowest BCUT2D eigenvalue weighted by molar-refractivity contribution is -0.220. The molecule has 0 bridgehead atoms. The molecule has 2 fully saturated rings. The molecule has 2 aliphatic rings. The van der Waals surface area contributed by atoms with Gasteiger partial charge in [0.2, 0.25) is 0 Å². The number of methoxy groups -OCH3 is 1. The fourth-order valence-corrected chi connectivity index (χ4v) is 5.32. The van der Waals surface area contributed by atoms with Crippen molar-refractivity contribution in [3.63, 3.8) is 0 Å². The lowest BCUT2D eigenvalue weighted by Gasteiger charge is -2.36. The van der Waals surface area contributed by atoms with E-state index < -0.39 is 44.4 Å². The van der Waals surface area contributed by atoms with Crippen LogP contribution in [-0.2, 0) is 34.2 Å². The van der Waals surface area contributed by atoms with Crippen molar-refractivity contribution >= 4 is 19.0 Å². The van der Waals surface area contributed by atoms with Crippen LogP contribution in [-0.4, -0.2) is 57.0 Å². The van der Waals surface area contributed by atoms with Gasteiger partial charge >= 0.3 is 7.82 Å². The number of ether oxygens (including phenoxy) is 2. The molecule has 5 atom stereocenters. The van der Waals surface area contributed by atoms with E-state index in [1.807, 2.05) is 0 Å². The van der Waals surface area contributed by atoms with Gasteiger partial charge in [0.05, 0.1) is 24.7 Å². The van der Waals surface area contributed by atoms with Gasteiger partial charge in [0.15, 0.2) is 23.6 Å². The van der Waals surface area contributed by atoms with Crippen LogP contribution in [0.25, 0.3) is 11.2 Å². The maximum absolute atomic E-state index is 15.9. The first-order valence-corrected chi connectivity index (χ1v) is 10.8. The number of halogens is 2. The number of phosphoric ester groups is 1. The SMILES string of the molecule is COCc1nc(C)nc2c1ncn2[C@@H]1O[C@]2(F)COP(=O)(OC(C)C)O[C@H]2[C@@]1(C)F. The van der Waals surface area contributed by atoms with Crippen molar-refractivity contribution in [3.8, 4) is 0 Å². The number of alkyl halides is 2. The summed E-state index contributed by atoms with van der Waals surface area (Å²) in [6.45, 7) is 5.32. The maximum atomic E-state index is 15.9. The third-order valence-electron chi connectivity index (χ3n) is 4.83. The van der Waals surface area contributed by atoms with Crippen molar-refractivity contribution in [1.82, 2.24) is 19.5 Å². The minimum atomic E-state index is -4.17. The quantitative estimate of drug-likeness (QED) is 0.638. The normalized spacial score (nSPS) is 36.5. The molecule has 2 aliphatic heterocycles. The lowest BCUT2D eigenvalue weighted by atomic mass is 9.97. The summed E-state index contributed by atoms with van der Waals surface area (Å²) in [5.41, 5.74) is -1.34. The van der Waals surface area contributed by atoms with Crippen molar-refractivity contribution in [1.29, 1.82) is 0 Å². The van der Waals surface area contributed by atoms with Gasteiger partial charge in [0.25, 0.3) is 5.85 Å². The Morgan fingerprint density at radius 1 is 1.40 bits per heavy atom. The highest BCUT2D eigenvalue weighted by atomic mass is 31.2. The fourth-order valence-electron chi connectivity index (χ4n) is 3.68. The zero-order chi connectivity index (χ0) is 21.9. The van der Waals surface area contributed by atoms with Crippen LogP contribution in [0.5, 0.6) is 0 Å². The summed E-state index contributed by atoms with van der Waals surface area (Å²) in [6, 6.07) is 0. The van der Waals surface area contributed by atoms with Crippen LogP contribution >= 0.6 is 7.82 Å². The number of rotatable bonds is 5. The van der Waals surface area contributed by atoms with Crippen molar-refractivity contribution in [2.24, 2.45) is 0 Å². The van der Waals surface area contributed by atoms with Crippen LogP contribution in [0.1, 0.15) is 38.5 Å². The molecule has 30 heavy (non-hydrogen) atoms. The summed E-state index contributed by atoms with van der Waals surface area (Å²) < 4.78 is 71.2. The lowest BCUT2D eigenvalue weighted by Crippen LogP contribution is -2.51. The van der Waals surface area contributed by atoms with E-state index in [4.69, 9.17) is 23.0 Å². The van der Waals surface area contributed by atoms with Gasteiger partial charge in [0.1, 0.15) is 17.9 Å². The molecule has 0 aromatic carbocycles. The molecule has 0 aliphatic carbocycles. The van der Waals surface area contributed by atoms with Crippen molar-refractivity contribution in [2.45, 2.75) is 64.3 Å². The van der Waals surface area contributed by atoms with Gasteiger partial charge < -0.3 is 9.47 Å². The van der Waals surface area contributed by atoms with Gasteiger partial charge in [-0.25, -0.2) is 28.3 Å². The van der Waals surface area contributed by atoms with E-state index >= 15 is 8.78 Å². The molecule has 4 heterocycles. The van der Waals surface area contributed by atoms with Gasteiger partial charge in [-0.1, -0.05) is 0 Å². The van der Waals surface area contributed by atoms with Crippen LogP contribution in [0.4, 0.5) is 8.78 Å². The van der Waals surface area contributed by atoms with Gasteiger partial charge in [-0.05, 0) is 27.7 Å². The summed E-state index contributed by atoms with van der Waals surface area (Å²) in [5.74, 6) is -2.28. The fraction of sp³-hybridized carbons (Fsp3) is 0.706. The van der Waals surface area contributed by atoms with Gasteiger partial charge in [0, 0.05) is 7.11 Å². The first kappa shape index (κ1) is 21.7. The molecule has 10 nitrogen and oxygen atoms in total. The summed E-state index contributed by atoms with van der Waals surface area (Å²) in [6.07, 6.45) is -2.63. The minimum Gasteiger partial charge on any atom is -0.378 e. The third-order valence-corrected chi connectivity index (χ3v) is 6.42. The number of hydrogen-bond donors (Lipinski definition) is 0. The van der Waals surface area contributed by atoms with Crippen molar-refractivity contribution in [3.05, 3.63) is 17.8 Å². The maximum Gasteiger partial charge on any atom is 0.475 e. The van der Waals surface area contributed by atoms with E-state index in [0.717, 1.165) is 6.92 Å². The first-order valence-electron chi connectivity index (χ1n) is 9.35. The second kappa shape index (κ2) is 7.25. The van der Waals surface area contributed by atoms with Gasteiger partial charge in [-0.3, -0.25) is 18.1 Å². The van der Waals surface area contributed by atoms with Crippen LogP contribution in [0.2, 0.25) is 0 Å². The number of hydrogen-bond acceptors (Lipinski definition) is 9. The van der Waals surface area contributed by atoms with Gasteiger partial charge in [-0.2, -0.15) is 0 Å². The highest BCUT2D eigenvalue weighted by Crippen LogP contribution is 2.63. The number of fused-ring (bicyclic) bond motifs is 2. The Labute approximate surface area is 171 Å². The smallest absolute Gasteiger partial charge is 0.378 e. The van der Waals surface area contributed by atoms with E-state index in [-0.39, 0.29) is 12.3 Å². The molecule has 166 valence electrons. The summed E-state index contributed by atoms with van der Waals surface area (Å²) in [4.78, 5) is 12.8. The zero-order valence-corrected chi connectivity index (χ0v) is 18.1. The van der Waals surface area contributed by atoms with E-state index in [0.29, 0.717) is 17.0 Å². The molecule has 2 aromatic heterocycles. The van der Waals surface area contributed by atoms with Gasteiger partial charge in [-0.15, -0.1) is 0 Å². The Morgan fingerprint density at radius 2 is 2.13 bits per heavy atom. The van der Waals surface area contributed by atoms with E-state index in [9.17, 15) is 4.57 Å². The number of aryl methyl sites for hydroxylation is 1. The molecule has 0 radical (unpaired) electrons. The Morgan fingerprint density at radius 3 is 2.80 bits per heavy atom. The van der Waals surface area contributed by atoms with Crippen molar-refractivity contribution < 1.29 is 36.4 Å². The zero-order valence-electron chi connectivity index (χ0n) is 17.2. The Bertz CT molecular complexity index is 1020. The molecule has 0 amide bonds. The average molecular weight is 448 g/mol. The molecule has 0 N–H and O–H groups in total. The third kappa shape index (κ3) is 3.45. The first-order chi connectivity index (χ1) is 14.0. The molecule has 4 rings (SSSR count). The summed E-state index contributed by atoms with van der Waals surface area (Å²) >= 11 is 0. The average Bonchev–Trinajstić information content (AvgIpc) is 3.13. The van der Waals surface area contributed by atoms with E-state index in [1.54, 1.807) is 20.8 Å². The molecule has 2 aromatic rings. The molecular weight excluding hydrogens is 425 g/mol. The Balaban J connectivity index is 1.74. The molecular formula is C17H23F2N4O6P. The highest BCUT2D eigenvalue weighted by Gasteiger charge is 2.70. The highest BCUT2D eigenvalue weighted by molar-refractivity contribution is 7.48. The van der Waals surface area contributed by atoms with E-state index in [1.165, 1.54) is 18.0 Å². The van der Waals surface area contributed by atoms with Crippen LogP contribution in [0.3, 0.4) is 0 Å². The standard InChI is InChI=1S/C17H23F2N4O6P/c1-9(2)28-30(24)26-7-17(19)14(29-30)16(4,18)15(27-17)23-8-20-12-11(6-25-5)21-10(3)22-13(12)23/h8-9,14-15H,6-7H2,1-5H3/t14-,15+,16+,17+,30?/m0/s1. The Hall–Kier alpha value is -1.56. The van der Waals surface area contributed by atoms with Crippen molar-refractivity contribution in [2.75, 3.05) is 13.7 Å². The van der Waals surface area contributed by atoms with Crippen LogP contribution in [0, 0.1) is 6.92 Å². The topological polar surface area (TPSA) is 107 Å².